The van der Waals surface area contributed by atoms with Gasteiger partial charge in [0.25, 0.3) is 0 Å². The van der Waals surface area contributed by atoms with E-state index in [2.05, 4.69) is 32.6 Å². The fourth-order valence-corrected chi connectivity index (χ4v) is 2.26. The third-order valence-corrected chi connectivity index (χ3v) is 2.94. The van der Waals surface area contributed by atoms with Crippen molar-refractivity contribution in [2.24, 2.45) is 11.8 Å². The van der Waals surface area contributed by atoms with Crippen LogP contribution in [0.25, 0.3) is 0 Å². The van der Waals surface area contributed by atoms with Gasteiger partial charge < -0.3 is 15.4 Å². The molecule has 0 aliphatic rings. The van der Waals surface area contributed by atoms with Crippen LogP contribution in [-0.2, 0) is 4.74 Å². The lowest BCUT2D eigenvalue weighted by atomic mass is 10.1. The Kier molecular flexibility index (Phi) is 5.86. The molecule has 0 aliphatic carbocycles. The first kappa shape index (κ1) is 16.3. The number of hydrogen-bond acceptors (Lipinski definition) is 4. The molecule has 0 spiro atoms. The van der Waals surface area contributed by atoms with Crippen molar-refractivity contribution < 1.29 is 9.53 Å². The van der Waals surface area contributed by atoms with E-state index in [9.17, 15) is 4.79 Å². The lowest BCUT2D eigenvalue weighted by Gasteiger charge is -2.30. The van der Waals surface area contributed by atoms with Gasteiger partial charge >= 0.3 is 5.97 Å². The molecule has 1 aromatic carbocycles. The fourth-order valence-electron chi connectivity index (χ4n) is 2.26. The smallest absolute Gasteiger partial charge is 0.340 e. The first-order valence-corrected chi connectivity index (χ1v) is 7.08. The van der Waals surface area contributed by atoms with Crippen molar-refractivity contribution in [3.05, 3.63) is 23.8 Å². The van der Waals surface area contributed by atoms with Crippen LogP contribution in [0.1, 0.15) is 38.1 Å². The van der Waals surface area contributed by atoms with Crippen LogP contribution in [0.5, 0.6) is 0 Å². The van der Waals surface area contributed by atoms with Gasteiger partial charge in [0, 0.05) is 18.8 Å². The number of benzene rings is 1. The zero-order valence-electron chi connectivity index (χ0n) is 13.1. The Morgan fingerprint density at radius 1 is 1.20 bits per heavy atom. The lowest BCUT2D eigenvalue weighted by Crippen LogP contribution is -2.32. The molecule has 0 heterocycles. The van der Waals surface area contributed by atoms with E-state index in [0.717, 1.165) is 18.8 Å². The predicted octanol–water partition coefficient (Wildman–Crippen LogP) is 3.17. The monoisotopic (exact) mass is 278 g/mol. The summed E-state index contributed by atoms with van der Waals surface area (Å²) in [4.78, 5) is 14.2. The SMILES string of the molecule is COC(=O)c1cc(N)ccc1N(CC(C)C)CC(C)C. The minimum Gasteiger partial charge on any atom is -0.465 e. The maximum absolute atomic E-state index is 12.0. The highest BCUT2D eigenvalue weighted by Gasteiger charge is 2.19. The number of hydrogen-bond donors (Lipinski definition) is 1. The topological polar surface area (TPSA) is 55.6 Å². The minimum atomic E-state index is -0.343. The molecule has 0 unspecified atom stereocenters. The van der Waals surface area contributed by atoms with E-state index >= 15 is 0 Å². The Labute approximate surface area is 121 Å². The number of methoxy groups -OCH3 is 1. The molecule has 0 saturated carbocycles. The van der Waals surface area contributed by atoms with Gasteiger partial charge in [-0.1, -0.05) is 27.7 Å². The molecule has 1 aromatic rings. The predicted molar refractivity (Wildman–Crippen MR) is 84.1 cm³/mol. The molecule has 112 valence electrons. The Morgan fingerprint density at radius 2 is 1.75 bits per heavy atom. The second-order valence-corrected chi connectivity index (χ2v) is 5.96. The zero-order chi connectivity index (χ0) is 15.3. The second-order valence-electron chi connectivity index (χ2n) is 5.96. The summed E-state index contributed by atoms with van der Waals surface area (Å²) in [7, 11) is 1.39. The van der Waals surface area contributed by atoms with Gasteiger partial charge in [-0.3, -0.25) is 0 Å². The summed E-state index contributed by atoms with van der Waals surface area (Å²) >= 11 is 0. The summed E-state index contributed by atoms with van der Waals surface area (Å²) in [6, 6.07) is 5.43. The molecule has 0 aliphatic heterocycles. The van der Waals surface area contributed by atoms with Crippen LogP contribution in [0, 0.1) is 11.8 Å². The molecule has 20 heavy (non-hydrogen) atoms. The number of rotatable bonds is 6. The van der Waals surface area contributed by atoms with Gasteiger partial charge in [-0.15, -0.1) is 0 Å². The molecular formula is C16H26N2O2. The van der Waals surface area contributed by atoms with Gasteiger partial charge in [0.15, 0.2) is 0 Å². The largest absolute Gasteiger partial charge is 0.465 e. The standard InChI is InChI=1S/C16H26N2O2/c1-11(2)9-18(10-12(3)4)15-7-6-13(17)8-14(15)16(19)20-5/h6-8,11-12H,9-10,17H2,1-5H3. The Bertz CT molecular complexity index is 446. The highest BCUT2D eigenvalue weighted by molar-refractivity contribution is 5.97. The molecule has 0 atom stereocenters. The van der Waals surface area contributed by atoms with Crippen LogP contribution in [0.2, 0.25) is 0 Å². The molecular weight excluding hydrogens is 252 g/mol. The molecule has 4 heteroatoms. The molecule has 0 saturated heterocycles. The second kappa shape index (κ2) is 7.17. The minimum absolute atomic E-state index is 0.343. The van der Waals surface area contributed by atoms with Crippen molar-refractivity contribution in [1.82, 2.24) is 0 Å². The van der Waals surface area contributed by atoms with E-state index in [-0.39, 0.29) is 5.97 Å². The van der Waals surface area contributed by atoms with Crippen LogP contribution in [0.3, 0.4) is 0 Å². The van der Waals surface area contributed by atoms with Crippen molar-refractivity contribution in [2.75, 3.05) is 30.8 Å². The maximum atomic E-state index is 12.0. The number of ether oxygens (including phenoxy) is 1. The third kappa shape index (κ3) is 4.44. The summed E-state index contributed by atoms with van der Waals surface area (Å²) in [6.07, 6.45) is 0. The highest BCUT2D eigenvalue weighted by atomic mass is 16.5. The van der Waals surface area contributed by atoms with E-state index in [1.165, 1.54) is 7.11 Å². The van der Waals surface area contributed by atoms with Gasteiger partial charge in [-0.05, 0) is 30.0 Å². The molecule has 0 fully saturated rings. The number of nitrogens with two attached hydrogens (primary N) is 1. The third-order valence-electron chi connectivity index (χ3n) is 2.94. The number of nitrogens with zero attached hydrogens (tertiary/aromatic N) is 1. The molecule has 2 N–H and O–H groups in total. The molecule has 0 radical (unpaired) electrons. The van der Waals surface area contributed by atoms with E-state index in [1.807, 2.05) is 12.1 Å². The number of carbonyl (C=O) groups excluding carboxylic acids is 1. The fraction of sp³-hybridized carbons (Fsp3) is 0.562. The highest BCUT2D eigenvalue weighted by Crippen LogP contribution is 2.25. The van der Waals surface area contributed by atoms with Gasteiger partial charge in [0.05, 0.1) is 18.4 Å². The molecule has 4 nitrogen and oxygen atoms in total. The first-order valence-electron chi connectivity index (χ1n) is 7.08. The van der Waals surface area contributed by atoms with Crippen LogP contribution in [0.15, 0.2) is 18.2 Å². The Balaban J connectivity index is 3.20. The van der Waals surface area contributed by atoms with Crippen LogP contribution < -0.4 is 10.6 Å². The van der Waals surface area contributed by atoms with Gasteiger partial charge in [-0.2, -0.15) is 0 Å². The lowest BCUT2D eigenvalue weighted by molar-refractivity contribution is 0.0601. The summed E-state index contributed by atoms with van der Waals surface area (Å²) in [5, 5.41) is 0. The van der Waals surface area contributed by atoms with Crippen LogP contribution >= 0.6 is 0 Å². The molecule has 1 rings (SSSR count). The van der Waals surface area contributed by atoms with E-state index in [1.54, 1.807) is 6.07 Å². The van der Waals surface area contributed by atoms with Crippen molar-refractivity contribution in [3.63, 3.8) is 0 Å². The summed E-state index contributed by atoms with van der Waals surface area (Å²) in [5.41, 5.74) is 7.80. The normalized spacial score (nSPS) is 10.9. The van der Waals surface area contributed by atoms with Crippen molar-refractivity contribution >= 4 is 17.3 Å². The quantitative estimate of drug-likeness (QED) is 0.641. The van der Waals surface area contributed by atoms with E-state index < -0.39 is 0 Å². The van der Waals surface area contributed by atoms with E-state index in [0.29, 0.717) is 23.1 Å². The van der Waals surface area contributed by atoms with Crippen LogP contribution in [-0.4, -0.2) is 26.2 Å². The van der Waals surface area contributed by atoms with Gasteiger partial charge in [0.2, 0.25) is 0 Å². The molecule has 0 bridgehead atoms. The zero-order valence-corrected chi connectivity index (χ0v) is 13.1. The number of nitrogen functional groups attached to an aromatic ring is 1. The average molecular weight is 278 g/mol. The maximum Gasteiger partial charge on any atom is 0.340 e. The number of carbonyl (C=O) groups is 1. The van der Waals surface area contributed by atoms with Gasteiger partial charge in [0.1, 0.15) is 0 Å². The van der Waals surface area contributed by atoms with Crippen molar-refractivity contribution in [1.29, 1.82) is 0 Å². The summed E-state index contributed by atoms with van der Waals surface area (Å²) in [6.45, 7) is 10.5. The number of anilines is 2. The summed E-state index contributed by atoms with van der Waals surface area (Å²) < 4.78 is 4.87. The number of esters is 1. The first-order chi connectivity index (χ1) is 9.35. The van der Waals surface area contributed by atoms with Gasteiger partial charge in [-0.25, -0.2) is 4.79 Å². The van der Waals surface area contributed by atoms with E-state index in [4.69, 9.17) is 10.5 Å². The van der Waals surface area contributed by atoms with Crippen molar-refractivity contribution in [3.8, 4) is 0 Å². The average Bonchev–Trinajstić information content (AvgIpc) is 2.35. The summed E-state index contributed by atoms with van der Waals surface area (Å²) in [5.74, 6) is 0.679. The Hall–Kier alpha value is -1.71. The van der Waals surface area contributed by atoms with Crippen molar-refractivity contribution in [2.45, 2.75) is 27.7 Å². The molecule has 0 amide bonds. The van der Waals surface area contributed by atoms with Crippen LogP contribution in [0.4, 0.5) is 11.4 Å². The Morgan fingerprint density at radius 3 is 2.20 bits per heavy atom. The molecule has 0 aromatic heterocycles.